The number of hydrogen-bond acceptors (Lipinski definition) is 2. The third kappa shape index (κ3) is 2.90. The first-order chi connectivity index (χ1) is 9.65. The molecule has 6 heteroatoms. The van der Waals surface area contributed by atoms with Crippen molar-refractivity contribution in [3.63, 3.8) is 0 Å². The lowest BCUT2D eigenvalue weighted by molar-refractivity contribution is -0.135. The van der Waals surface area contributed by atoms with E-state index in [4.69, 9.17) is 5.11 Å². The lowest BCUT2D eigenvalue weighted by Crippen LogP contribution is -2.29. The van der Waals surface area contributed by atoms with Crippen LogP contribution < -0.4 is 5.32 Å². The number of carboxylic acids is 1. The number of benzene rings is 1. The maximum absolute atomic E-state index is 11.9. The van der Waals surface area contributed by atoms with E-state index in [1.54, 1.807) is 6.07 Å². The molecule has 0 spiro atoms. The molecule has 1 heterocycles. The zero-order valence-electron chi connectivity index (χ0n) is 11.5. The van der Waals surface area contributed by atoms with Crippen LogP contribution in [0.2, 0.25) is 0 Å². The zero-order chi connectivity index (χ0) is 14.1. The number of amides is 1. The summed E-state index contributed by atoms with van der Waals surface area (Å²) in [4.78, 5) is 25.8. The SMILES string of the molecule is O.O=C(O)CNC(=O)c1ccc2[nH]c3c(c2c1)CCCC3. The number of aromatic nitrogens is 1. The van der Waals surface area contributed by atoms with E-state index in [1.807, 2.05) is 12.1 Å². The second kappa shape index (κ2) is 5.97. The molecule has 21 heavy (non-hydrogen) atoms. The molecule has 0 bridgehead atoms. The fourth-order valence-electron chi connectivity index (χ4n) is 2.81. The minimum absolute atomic E-state index is 0. The Morgan fingerprint density at radius 1 is 1.24 bits per heavy atom. The summed E-state index contributed by atoms with van der Waals surface area (Å²) in [6.45, 7) is -0.359. The maximum atomic E-state index is 11.9. The van der Waals surface area contributed by atoms with E-state index in [9.17, 15) is 9.59 Å². The summed E-state index contributed by atoms with van der Waals surface area (Å²) in [6, 6.07) is 5.47. The van der Waals surface area contributed by atoms with Gasteiger partial charge in [-0.2, -0.15) is 0 Å². The number of carbonyl (C=O) groups excluding carboxylic acids is 1. The van der Waals surface area contributed by atoms with E-state index in [1.165, 1.54) is 24.1 Å². The molecule has 1 aromatic carbocycles. The van der Waals surface area contributed by atoms with Crippen molar-refractivity contribution >= 4 is 22.8 Å². The minimum atomic E-state index is -1.04. The highest BCUT2D eigenvalue weighted by atomic mass is 16.4. The number of aryl methyl sites for hydroxylation is 2. The van der Waals surface area contributed by atoms with E-state index in [-0.39, 0.29) is 17.9 Å². The van der Waals surface area contributed by atoms with Crippen LogP contribution in [0.4, 0.5) is 0 Å². The Labute approximate surface area is 121 Å². The number of hydrogen-bond donors (Lipinski definition) is 3. The molecule has 1 aliphatic rings. The number of aromatic amines is 1. The number of carboxylic acid groups (broad SMARTS) is 1. The van der Waals surface area contributed by atoms with Gasteiger partial charge in [-0.3, -0.25) is 9.59 Å². The molecule has 1 aromatic heterocycles. The number of aliphatic carboxylic acids is 1. The summed E-state index contributed by atoms with van der Waals surface area (Å²) in [5.74, 6) is -1.39. The van der Waals surface area contributed by atoms with Gasteiger partial charge in [0.2, 0.25) is 0 Å². The molecule has 0 radical (unpaired) electrons. The van der Waals surface area contributed by atoms with Crippen LogP contribution >= 0.6 is 0 Å². The normalized spacial score (nSPS) is 13.3. The molecule has 0 fully saturated rings. The van der Waals surface area contributed by atoms with Crippen molar-refractivity contribution in [2.75, 3.05) is 6.54 Å². The Kier molecular flexibility index (Phi) is 4.28. The molecule has 0 unspecified atom stereocenters. The Hall–Kier alpha value is -2.34. The van der Waals surface area contributed by atoms with Crippen molar-refractivity contribution in [1.82, 2.24) is 10.3 Å². The summed E-state index contributed by atoms with van der Waals surface area (Å²) >= 11 is 0. The van der Waals surface area contributed by atoms with Crippen molar-refractivity contribution in [2.24, 2.45) is 0 Å². The summed E-state index contributed by atoms with van der Waals surface area (Å²) in [7, 11) is 0. The molecular formula is C15H18N2O4. The highest BCUT2D eigenvalue weighted by molar-refractivity contribution is 6.00. The van der Waals surface area contributed by atoms with Gasteiger partial charge in [-0.05, 0) is 49.4 Å². The van der Waals surface area contributed by atoms with Gasteiger partial charge in [0.25, 0.3) is 5.91 Å². The van der Waals surface area contributed by atoms with Crippen LogP contribution in [0.5, 0.6) is 0 Å². The monoisotopic (exact) mass is 290 g/mol. The molecule has 0 aliphatic heterocycles. The quantitative estimate of drug-likeness (QED) is 0.784. The maximum Gasteiger partial charge on any atom is 0.322 e. The van der Waals surface area contributed by atoms with E-state index < -0.39 is 5.97 Å². The number of H-pyrrole nitrogens is 1. The first kappa shape index (κ1) is 15.1. The summed E-state index contributed by atoms with van der Waals surface area (Å²) in [5, 5.41) is 12.1. The summed E-state index contributed by atoms with van der Waals surface area (Å²) in [5.41, 5.74) is 4.13. The second-order valence-electron chi connectivity index (χ2n) is 5.13. The summed E-state index contributed by atoms with van der Waals surface area (Å²) in [6.07, 6.45) is 4.47. The van der Waals surface area contributed by atoms with Gasteiger partial charge in [-0.25, -0.2) is 0 Å². The summed E-state index contributed by atoms with van der Waals surface area (Å²) < 4.78 is 0. The molecule has 3 rings (SSSR count). The molecule has 2 aromatic rings. The van der Waals surface area contributed by atoms with Gasteiger partial charge in [0.05, 0.1) is 0 Å². The Morgan fingerprint density at radius 3 is 2.76 bits per heavy atom. The standard InChI is InChI=1S/C15H16N2O3.H2O/c18-14(19)8-16-15(20)9-5-6-13-11(7-9)10-3-1-2-4-12(10)17-13;/h5-7,17H,1-4,8H2,(H,16,20)(H,18,19);1H2. The number of rotatable bonds is 3. The first-order valence-electron chi connectivity index (χ1n) is 6.78. The fourth-order valence-corrected chi connectivity index (χ4v) is 2.81. The molecule has 5 N–H and O–H groups in total. The molecular weight excluding hydrogens is 272 g/mol. The smallest absolute Gasteiger partial charge is 0.322 e. The van der Waals surface area contributed by atoms with Gasteiger partial charge in [0.1, 0.15) is 6.54 Å². The van der Waals surface area contributed by atoms with Crippen molar-refractivity contribution in [3.8, 4) is 0 Å². The van der Waals surface area contributed by atoms with Crippen molar-refractivity contribution in [2.45, 2.75) is 25.7 Å². The van der Waals surface area contributed by atoms with E-state index in [2.05, 4.69) is 10.3 Å². The second-order valence-corrected chi connectivity index (χ2v) is 5.13. The molecule has 1 amide bonds. The lowest BCUT2D eigenvalue weighted by Gasteiger charge is -2.10. The Bertz CT molecular complexity index is 690. The van der Waals surface area contributed by atoms with Gasteiger partial charge < -0.3 is 20.9 Å². The number of carbonyl (C=O) groups is 2. The van der Waals surface area contributed by atoms with Crippen LogP contribution in [0, 0.1) is 0 Å². The van der Waals surface area contributed by atoms with Crippen LogP contribution in [-0.2, 0) is 17.6 Å². The Balaban J connectivity index is 0.00000161. The van der Waals surface area contributed by atoms with E-state index >= 15 is 0 Å². The van der Waals surface area contributed by atoms with Crippen LogP contribution in [0.1, 0.15) is 34.5 Å². The van der Waals surface area contributed by atoms with Crippen LogP contribution in [0.15, 0.2) is 18.2 Å². The predicted molar refractivity (Wildman–Crippen MR) is 78.5 cm³/mol. The average molecular weight is 290 g/mol. The number of fused-ring (bicyclic) bond motifs is 3. The van der Waals surface area contributed by atoms with E-state index in [0.717, 1.165) is 23.7 Å². The lowest BCUT2D eigenvalue weighted by atomic mass is 9.95. The van der Waals surface area contributed by atoms with Crippen LogP contribution in [0.3, 0.4) is 0 Å². The van der Waals surface area contributed by atoms with E-state index in [0.29, 0.717) is 5.56 Å². The van der Waals surface area contributed by atoms with Gasteiger partial charge in [-0.1, -0.05) is 0 Å². The third-order valence-corrected chi connectivity index (χ3v) is 3.76. The van der Waals surface area contributed by atoms with Crippen LogP contribution in [0.25, 0.3) is 10.9 Å². The molecule has 0 saturated heterocycles. The average Bonchev–Trinajstić information content (AvgIpc) is 2.82. The first-order valence-corrected chi connectivity index (χ1v) is 6.78. The molecule has 112 valence electrons. The highest BCUT2D eigenvalue weighted by Crippen LogP contribution is 2.29. The van der Waals surface area contributed by atoms with Crippen molar-refractivity contribution in [1.29, 1.82) is 0 Å². The predicted octanol–water partition coefficient (Wildman–Crippen LogP) is 1.04. The Morgan fingerprint density at radius 2 is 2.00 bits per heavy atom. The highest BCUT2D eigenvalue weighted by Gasteiger charge is 2.16. The molecule has 0 atom stereocenters. The fraction of sp³-hybridized carbons (Fsp3) is 0.333. The third-order valence-electron chi connectivity index (χ3n) is 3.76. The topological polar surface area (TPSA) is 114 Å². The minimum Gasteiger partial charge on any atom is -0.480 e. The van der Waals surface area contributed by atoms with Crippen molar-refractivity contribution < 1.29 is 20.2 Å². The largest absolute Gasteiger partial charge is 0.480 e. The van der Waals surface area contributed by atoms with Gasteiger partial charge in [-0.15, -0.1) is 0 Å². The molecule has 6 nitrogen and oxygen atoms in total. The van der Waals surface area contributed by atoms with Gasteiger partial charge in [0.15, 0.2) is 0 Å². The zero-order valence-corrected chi connectivity index (χ0v) is 11.5. The van der Waals surface area contributed by atoms with Crippen molar-refractivity contribution in [3.05, 3.63) is 35.0 Å². The van der Waals surface area contributed by atoms with Gasteiger partial charge in [0, 0.05) is 22.2 Å². The number of nitrogens with one attached hydrogen (secondary N) is 2. The van der Waals surface area contributed by atoms with Crippen LogP contribution in [-0.4, -0.2) is 34.0 Å². The molecule has 0 saturated carbocycles. The van der Waals surface area contributed by atoms with Gasteiger partial charge >= 0.3 is 5.97 Å². The molecule has 1 aliphatic carbocycles.